The SMILES string of the molecule is Cc1cc(C)c(Oc2ccc(=O)n(Nc3ccc(F)cc3)n2)c(C)c1. The molecule has 6 heteroatoms. The predicted molar refractivity (Wildman–Crippen MR) is 94.6 cm³/mol. The minimum atomic E-state index is -0.353. The van der Waals surface area contributed by atoms with E-state index in [1.54, 1.807) is 0 Å². The van der Waals surface area contributed by atoms with Crippen LogP contribution in [0.2, 0.25) is 0 Å². The van der Waals surface area contributed by atoms with Crippen molar-refractivity contribution in [1.29, 1.82) is 0 Å². The van der Waals surface area contributed by atoms with E-state index in [-0.39, 0.29) is 17.3 Å². The van der Waals surface area contributed by atoms with Crippen molar-refractivity contribution in [3.8, 4) is 11.6 Å². The van der Waals surface area contributed by atoms with Crippen molar-refractivity contribution in [3.05, 3.63) is 81.4 Å². The van der Waals surface area contributed by atoms with Crippen molar-refractivity contribution in [2.24, 2.45) is 0 Å². The lowest BCUT2D eigenvalue weighted by atomic mass is 10.1. The standard InChI is InChI=1S/C19H18FN3O2/c1-12-10-13(2)19(14(3)11-12)25-17-8-9-18(24)23(22-17)21-16-6-4-15(20)5-7-16/h4-11,21H,1-3H3. The Morgan fingerprint density at radius 3 is 2.28 bits per heavy atom. The second kappa shape index (κ2) is 6.76. The number of ether oxygens (including phenoxy) is 1. The van der Waals surface area contributed by atoms with Crippen LogP contribution in [-0.4, -0.2) is 9.89 Å². The first kappa shape index (κ1) is 16.7. The molecule has 1 N–H and O–H groups in total. The van der Waals surface area contributed by atoms with Gasteiger partial charge in [0.05, 0.1) is 5.69 Å². The highest BCUT2D eigenvalue weighted by molar-refractivity contribution is 5.45. The summed E-state index contributed by atoms with van der Waals surface area (Å²) in [5, 5.41) is 4.17. The molecule has 3 aromatic rings. The number of aryl methyl sites for hydroxylation is 3. The van der Waals surface area contributed by atoms with Gasteiger partial charge in [-0.25, -0.2) is 4.39 Å². The molecule has 0 fully saturated rings. The third-order valence-electron chi connectivity index (χ3n) is 3.67. The van der Waals surface area contributed by atoms with Crippen molar-refractivity contribution in [2.75, 3.05) is 5.43 Å². The molecular weight excluding hydrogens is 321 g/mol. The Bertz CT molecular complexity index is 942. The molecule has 1 heterocycles. The maximum atomic E-state index is 13.0. The molecule has 0 aliphatic rings. The van der Waals surface area contributed by atoms with E-state index >= 15 is 0 Å². The molecule has 0 saturated carbocycles. The van der Waals surface area contributed by atoms with Gasteiger partial charge in [0, 0.05) is 12.1 Å². The van der Waals surface area contributed by atoms with Gasteiger partial charge in [0.1, 0.15) is 11.6 Å². The van der Waals surface area contributed by atoms with Gasteiger partial charge in [0.2, 0.25) is 5.88 Å². The summed E-state index contributed by atoms with van der Waals surface area (Å²) >= 11 is 0. The van der Waals surface area contributed by atoms with E-state index in [2.05, 4.69) is 10.5 Å². The molecule has 0 aliphatic heterocycles. The lowest BCUT2D eigenvalue weighted by Gasteiger charge is -2.13. The number of aromatic nitrogens is 2. The van der Waals surface area contributed by atoms with E-state index < -0.39 is 0 Å². The van der Waals surface area contributed by atoms with Gasteiger partial charge in [-0.05, 0) is 56.2 Å². The molecule has 0 aliphatic carbocycles. The van der Waals surface area contributed by atoms with Gasteiger partial charge in [-0.3, -0.25) is 10.2 Å². The van der Waals surface area contributed by atoms with E-state index in [1.165, 1.54) is 36.4 Å². The third-order valence-corrected chi connectivity index (χ3v) is 3.67. The summed E-state index contributed by atoms with van der Waals surface area (Å²) in [6.45, 7) is 5.94. The zero-order chi connectivity index (χ0) is 18.0. The number of halogens is 1. The Morgan fingerprint density at radius 1 is 1.00 bits per heavy atom. The number of nitrogens with zero attached hydrogens (tertiary/aromatic N) is 2. The van der Waals surface area contributed by atoms with Crippen molar-refractivity contribution in [2.45, 2.75) is 20.8 Å². The number of hydrogen-bond donors (Lipinski definition) is 1. The van der Waals surface area contributed by atoms with E-state index in [0.717, 1.165) is 21.5 Å². The number of anilines is 1. The van der Waals surface area contributed by atoms with Crippen LogP contribution < -0.4 is 15.7 Å². The summed E-state index contributed by atoms with van der Waals surface area (Å²) in [5.41, 5.74) is 6.13. The van der Waals surface area contributed by atoms with Gasteiger partial charge in [-0.2, -0.15) is 0 Å². The van der Waals surface area contributed by atoms with Crippen LogP contribution in [-0.2, 0) is 0 Å². The molecule has 3 rings (SSSR count). The van der Waals surface area contributed by atoms with Crippen LogP contribution in [0.5, 0.6) is 11.6 Å². The molecule has 0 unspecified atom stereocenters. The van der Waals surface area contributed by atoms with Crippen LogP contribution in [0.15, 0.2) is 53.3 Å². The zero-order valence-electron chi connectivity index (χ0n) is 14.2. The lowest BCUT2D eigenvalue weighted by molar-refractivity contribution is 0.437. The van der Waals surface area contributed by atoms with Crippen LogP contribution in [0.4, 0.5) is 10.1 Å². The summed E-state index contributed by atoms with van der Waals surface area (Å²) in [6.07, 6.45) is 0. The molecule has 0 radical (unpaired) electrons. The molecule has 1 aromatic heterocycles. The van der Waals surface area contributed by atoms with Crippen LogP contribution in [0, 0.1) is 26.6 Å². The molecular formula is C19H18FN3O2. The molecule has 128 valence electrons. The van der Waals surface area contributed by atoms with E-state index in [1.807, 2.05) is 32.9 Å². The van der Waals surface area contributed by atoms with Crippen LogP contribution in [0.3, 0.4) is 0 Å². The summed E-state index contributed by atoms with van der Waals surface area (Å²) in [4.78, 5) is 13.0. The van der Waals surface area contributed by atoms with E-state index in [9.17, 15) is 9.18 Å². The Kier molecular flexibility index (Phi) is 4.52. The minimum absolute atomic E-state index is 0.282. The molecule has 0 amide bonds. The Labute approximate surface area is 144 Å². The largest absolute Gasteiger partial charge is 0.437 e. The van der Waals surface area contributed by atoms with Gasteiger partial charge in [0.25, 0.3) is 5.56 Å². The normalized spacial score (nSPS) is 10.6. The minimum Gasteiger partial charge on any atom is -0.437 e. The highest BCUT2D eigenvalue weighted by atomic mass is 19.1. The Morgan fingerprint density at radius 2 is 1.64 bits per heavy atom. The first-order valence-electron chi connectivity index (χ1n) is 7.81. The third kappa shape index (κ3) is 3.85. The molecule has 5 nitrogen and oxygen atoms in total. The highest BCUT2D eigenvalue weighted by Gasteiger charge is 2.09. The molecule has 0 bridgehead atoms. The number of benzene rings is 2. The van der Waals surface area contributed by atoms with Crippen molar-refractivity contribution >= 4 is 5.69 Å². The van der Waals surface area contributed by atoms with Crippen molar-refractivity contribution in [3.63, 3.8) is 0 Å². The number of rotatable bonds is 4. The highest BCUT2D eigenvalue weighted by Crippen LogP contribution is 2.28. The fraction of sp³-hybridized carbons (Fsp3) is 0.158. The quantitative estimate of drug-likeness (QED) is 0.781. The van der Waals surface area contributed by atoms with Crippen LogP contribution in [0.1, 0.15) is 16.7 Å². The fourth-order valence-corrected chi connectivity index (χ4v) is 2.61. The number of nitrogens with one attached hydrogen (secondary N) is 1. The molecule has 25 heavy (non-hydrogen) atoms. The summed E-state index contributed by atoms with van der Waals surface area (Å²) in [5.74, 6) is 0.641. The molecule has 0 spiro atoms. The molecule has 0 saturated heterocycles. The first-order valence-corrected chi connectivity index (χ1v) is 7.81. The van der Waals surface area contributed by atoms with E-state index in [0.29, 0.717) is 11.4 Å². The van der Waals surface area contributed by atoms with Gasteiger partial charge in [-0.1, -0.05) is 17.7 Å². The zero-order valence-corrected chi connectivity index (χ0v) is 14.2. The van der Waals surface area contributed by atoms with Crippen molar-refractivity contribution in [1.82, 2.24) is 9.89 Å². The van der Waals surface area contributed by atoms with Gasteiger partial charge >= 0.3 is 0 Å². The Hall–Kier alpha value is -3.15. The van der Waals surface area contributed by atoms with Gasteiger partial charge in [-0.15, -0.1) is 9.89 Å². The summed E-state index contributed by atoms with van der Waals surface area (Å²) < 4.78 is 18.9. The van der Waals surface area contributed by atoms with Gasteiger partial charge < -0.3 is 4.74 Å². The summed E-state index contributed by atoms with van der Waals surface area (Å²) in [7, 11) is 0. The monoisotopic (exact) mass is 339 g/mol. The van der Waals surface area contributed by atoms with Gasteiger partial charge in [0.15, 0.2) is 0 Å². The maximum Gasteiger partial charge on any atom is 0.286 e. The van der Waals surface area contributed by atoms with Crippen molar-refractivity contribution < 1.29 is 9.13 Å². The lowest BCUT2D eigenvalue weighted by Crippen LogP contribution is -2.28. The average Bonchev–Trinajstić information content (AvgIpc) is 2.56. The molecule has 2 aromatic carbocycles. The van der Waals surface area contributed by atoms with Crippen LogP contribution in [0.25, 0.3) is 0 Å². The number of hydrogen-bond acceptors (Lipinski definition) is 4. The fourth-order valence-electron chi connectivity index (χ4n) is 2.61. The predicted octanol–water partition coefficient (Wildman–Crippen LogP) is 3.98. The molecule has 0 atom stereocenters. The Balaban J connectivity index is 1.89. The summed E-state index contributed by atoms with van der Waals surface area (Å²) in [6, 6.07) is 12.6. The topological polar surface area (TPSA) is 56.1 Å². The van der Waals surface area contributed by atoms with E-state index in [4.69, 9.17) is 4.74 Å². The average molecular weight is 339 g/mol. The van der Waals surface area contributed by atoms with Crippen LogP contribution >= 0.6 is 0 Å². The maximum absolute atomic E-state index is 13.0. The second-order valence-electron chi connectivity index (χ2n) is 5.87. The smallest absolute Gasteiger partial charge is 0.286 e. The second-order valence-corrected chi connectivity index (χ2v) is 5.87. The first-order chi connectivity index (χ1) is 11.9.